The van der Waals surface area contributed by atoms with E-state index in [9.17, 15) is 4.79 Å². The second-order valence-corrected chi connectivity index (χ2v) is 8.77. The van der Waals surface area contributed by atoms with Crippen LogP contribution in [-0.2, 0) is 11.2 Å². The van der Waals surface area contributed by atoms with E-state index in [0.29, 0.717) is 26.1 Å². The monoisotopic (exact) mass is 485 g/mol. The largest absolute Gasteiger partial charge is 0.486 e. The predicted molar refractivity (Wildman–Crippen MR) is 140 cm³/mol. The zero-order valence-electron chi connectivity index (χ0n) is 20.7. The minimum Gasteiger partial charge on any atom is -0.486 e. The van der Waals surface area contributed by atoms with Gasteiger partial charge in [-0.05, 0) is 61.1 Å². The van der Waals surface area contributed by atoms with Crippen molar-refractivity contribution < 1.29 is 14.3 Å². The second-order valence-electron chi connectivity index (χ2n) is 8.77. The molecule has 8 heteroatoms. The van der Waals surface area contributed by atoms with E-state index < -0.39 is 0 Å². The number of nitrogens with zero attached hydrogens (tertiary/aromatic N) is 4. The van der Waals surface area contributed by atoms with Crippen molar-refractivity contribution in [2.75, 3.05) is 38.2 Å². The summed E-state index contributed by atoms with van der Waals surface area (Å²) in [4.78, 5) is 19.2. The van der Waals surface area contributed by atoms with Crippen molar-refractivity contribution in [1.29, 1.82) is 0 Å². The SMILES string of the molecule is CCN(CC)CCC(=O)Nc1ccc(Cc2nc3cccc(-c4ccc5c(c4)OCCO5)n3n2)cc1. The fourth-order valence-electron chi connectivity index (χ4n) is 4.36. The van der Waals surface area contributed by atoms with Crippen LogP contribution in [0.15, 0.2) is 60.7 Å². The van der Waals surface area contributed by atoms with Crippen LogP contribution in [0.4, 0.5) is 5.69 Å². The Labute approximate surface area is 210 Å². The molecule has 186 valence electrons. The van der Waals surface area contributed by atoms with Crippen LogP contribution in [0.25, 0.3) is 16.9 Å². The summed E-state index contributed by atoms with van der Waals surface area (Å²) >= 11 is 0. The molecule has 0 fully saturated rings. The number of ether oxygens (including phenoxy) is 2. The average molecular weight is 486 g/mol. The Morgan fingerprint density at radius 1 is 1.00 bits per heavy atom. The number of benzene rings is 2. The standard InChI is InChI=1S/C28H31N5O3/c1-3-32(4-2)15-14-28(34)29-22-11-8-20(9-12-22)18-26-30-27-7-5-6-23(33(27)31-26)21-10-13-24-25(19-21)36-17-16-35-24/h5-13,19H,3-4,14-18H2,1-2H3,(H,29,34). The van der Waals surface area contributed by atoms with Crippen LogP contribution in [0.5, 0.6) is 11.5 Å². The third-order valence-corrected chi connectivity index (χ3v) is 6.39. The van der Waals surface area contributed by atoms with Crippen LogP contribution in [0.1, 0.15) is 31.7 Å². The van der Waals surface area contributed by atoms with Crippen LogP contribution < -0.4 is 14.8 Å². The van der Waals surface area contributed by atoms with E-state index in [4.69, 9.17) is 19.6 Å². The second kappa shape index (κ2) is 10.8. The number of aromatic nitrogens is 3. The quantitative estimate of drug-likeness (QED) is 0.378. The van der Waals surface area contributed by atoms with Crippen molar-refractivity contribution in [2.45, 2.75) is 26.7 Å². The first kappa shape index (κ1) is 23.8. The van der Waals surface area contributed by atoms with E-state index in [1.807, 2.05) is 65.2 Å². The first-order valence-electron chi connectivity index (χ1n) is 12.5. The van der Waals surface area contributed by atoms with Crippen molar-refractivity contribution in [3.8, 4) is 22.8 Å². The minimum atomic E-state index is 0.0309. The van der Waals surface area contributed by atoms with Gasteiger partial charge in [-0.3, -0.25) is 4.79 Å². The summed E-state index contributed by atoms with van der Waals surface area (Å²) in [5.74, 6) is 2.27. The molecule has 0 spiro atoms. The van der Waals surface area contributed by atoms with Crippen molar-refractivity contribution >= 4 is 17.2 Å². The van der Waals surface area contributed by atoms with Crippen molar-refractivity contribution in [3.05, 3.63) is 72.1 Å². The van der Waals surface area contributed by atoms with E-state index in [-0.39, 0.29) is 5.91 Å². The Hall–Kier alpha value is -3.91. The fraction of sp³-hybridized carbons (Fsp3) is 0.321. The molecule has 1 aliphatic heterocycles. The molecule has 0 aliphatic carbocycles. The third-order valence-electron chi connectivity index (χ3n) is 6.39. The van der Waals surface area contributed by atoms with E-state index in [1.165, 1.54) is 0 Å². The summed E-state index contributed by atoms with van der Waals surface area (Å²) in [6.45, 7) is 8.01. The van der Waals surface area contributed by atoms with Gasteiger partial charge in [-0.1, -0.05) is 32.0 Å². The molecule has 2 aromatic heterocycles. The highest BCUT2D eigenvalue weighted by Gasteiger charge is 2.15. The molecule has 0 saturated carbocycles. The van der Waals surface area contributed by atoms with Crippen molar-refractivity contribution in [1.82, 2.24) is 19.5 Å². The number of carbonyl (C=O) groups is 1. The van der Waals surface area contributed by atoms with E-state index in [0.717, 1.165) is 65.1 Å². The minimum absolute atomic E-state index is 0.0309. The zero-order chi connectivity index (χ0) is 24.9. The first-order chi connectivity index (χ1) is 17.6. The van der Waals surface area contributed by atoms with Gasteiger partial charge in [-0.15, -0.1) is 0 Å². The van der Waals surface area contributed by atoms with E-state index in [1.54, 1.807) is 0 Å². The molecule has 0 saturated heterocycles. The number of rotatable bonds is 9. The summed E-state index contributed by atoms with van der Waals surface area (Å²) in [6.07, 6.45) is 1.08. The molecular weight excluding hydrogens is 454 g/mol. The molecule has 0 radical (unpaired) electrons. The van der Waals surface area contributed by atoms with Gasteiger partial charge in [0.25, 0.3) is 0 Å². The number of hydrogen-bond acceptors (Lipinski definition) is 6. The van der Waals surface area contributed by atoms with Gasteiger partial charge >= 0.3 is 0 Å². The lowest BCUT2D eigenvalue weighted by Crippen LogP contribution is -2.27. The van der Waals surface area contributed by atoms with Gasteiger partial charge in [0, 0.05) is 30.6 Å². The number of carbonyl (C=O) groups excluding carboxylic acids is 1. The Bertz CT molecular complexity index is 1350. The maximum atomic E-state index is 12.3. The first-order valence-corrected chi connectivity index (χ1v) is 12.5. The van der Waals surface area contributed by atoms with Gasteiger partial charge in [-0.25, -0.2) is 9.50 Å². The molecule has 1 N–H and O–H groups in total. The van der Waals surface area contributed by atoms with E-state index >= 15 is 0 Å². The Morgan fingerprint density at radius 2 is 1.78 bits per heavy atom. The molecule has 1 aliphatic rings. The molecule has 5 rings (SSSR count). The molecule has 36 heavy (non-hydrogen) atoms. The van der Waals surface area contributed by atoms with Crippen molar-refractivity contribution in [3.63, 3.8) is 0 Å². The number of fused-ring (bicyclic) bond motifs is 2. The molecule has 2 aromatic carbocycles. The zero-order valence-corrected chi connectivity index (χ0v) is 20.7. The summed E-state index contributed by atoms with van der Waals surface area (Å²) in [5.41, 5.74) is 4.59. The van der Waals surface area contributed by atoms with Gasteiger partial charge < -0.3 is 19.7 Å². The number of hydrogen-bond donors (Lipinski definition) is 1. The van der Waals surface area contributed by atoms with Crippen LogP contribution in [0.3, 0.4) is 0 Å². The summed E-state index contributed by atoms with van der Waals surface area (Å²) in [6, 6.07) is 19.8. The molecule has 1 amide bonds. The van der Waals surface area contributed by atoms with Gasteiger partial charge in [0.1, 0.15) is 13.2 Å². The maximum Gasteiger partial charge on any atom is 0.225 e. The molecule has 8 nitrogen and oxygen atoms in total. The summed E-state index contributed by atoms with van der Waals surface area (Å²) in [7, 11) is 0. The normalized spacial score (nSPS) is 12.8. The number of pyridine rings is 1. The molecule has 0 atom stereocenters. The lowest BCUT2D eigenvalue weighted by molar-refractivity contribution is -0.116. The molecule has 0 unspecified atom stereocenters. The van der Waals surface area contributed by atoms with E-state index in [2.05, 4.69) is 24.1 Å². The number of amides is 1. The Morgan fingerprint density at radius 3 is 2.56 bits per heavy atom. The van der Waals surface area contributed by atoms with Crippen molar-refractivity contribution in [2.24, 2.45) is 0 Å². The highest BCUT2D eigenvalue weighted by Crippen LogP contribution is 2.34. The number of nitrogens with one attached hydrogen (secondary N) is 1. The topological polar surface area (TPSA) is 81.0 Å². The molecule has 4 aromatic rings. The third kappa shape index (κ3) is 5.33. The predicted octanol–water partition coefficient (Wildman–Crippen LogP) is 4.43. The van der Waals surface area contributed by atoms with Gasteiger partial charge in [-0.2, -0.15) is 5.10 Å². The maximum absolute atomic E-state index is 12.3. The Balaban J connectivity index is 1.27. The molecule has 3 heterocycles. The summed E-state index contributed by atoms with van der Waals surface area (Å²) in [5, 5.41) is 7.77. The van der Waals surface area contributed by atoms with Crippen LogP contribution in [-0.4, -0.2) is 58.3 Å². The van der Waals surface area contributed by atoms with Gasteiger partial charge in [0.05, 0.1) is 5.69 Å². The van der Waals surface area contributed by atoms with Crippen LogP contribution in [0, 0.1) is 0 Å². The Kier molecular flexibility index (Phi) is 7.13. The number of anilines is 1. The van der Waals surface area contributed by atoms with Crippen LogP contribution >= 0.6 is 0 Å². The highest BCUT2D eigenvalue weighted by atomic mass is 16.6. The lowest BCUT2D eigenvalue weighted by atomic mass is 10.1. The lowest BCUT2D eigenvalue weighted by Gasteiger charge is -2.19. The smallest absolute Gasteiger partial charge is 0.225 e. The molecule has 0 bridgehead atoms. The molecular formula is C28H31N5O3. The van der Waals surface area contributed by atoms with Gasteiger partial charge in [0.2, 0.25) is 5.91 Å². The van der Waals surface area contributed by atoms with Crippen LogP contribution in [0.2, 0.25) is 0 Å². The fourth-order valence-corrected chi connectivity index (χ4v) is 4.36. The highest BCUT2D eigenvalue weighted by molar-refractivity contribution is 5.90. The average Bonchev–Trinajstić information content (AvgIpc) is 3.32. The van der Waals surface area contributed by atoms with Gasteiger partial charge in [0.15, 0.2) is 23.0 Å². The summed E-state index contributed by atoms with van der Waals surface area (Å²) < 4.78 is 13.3.